The fraction of sp³-hybridized carbons (Fsp3) is 0.500. The predicted molar refractivity (Wildman–Crippen MR) is 110 cm³/mol. The molecule has 7 heteroatoms. The highest BCUT2D eigenvalue weighted by Crippen LogP contribution is 2.43. The lowest BCUT2D eigenvalue weighted by Crippen LogP contribution is -2.66. The molecule has 4 rings (SSSR count). The second kappa shape index (κ2) is 7.63. The number of carbonyl (C=O) groups is 2. The monoisotopic (exact) mass is 397 g/mol. The molecule has 0 radical (unpaired) electrons. The number of nitrogens with zero attached hydrogens (tertiary/aromatic N) is 2. The second-order valence-electron chi connectivity index (χ2n) is 8.12. The number of likely N-dealkylation sites (N-methyl/N-ethyl adjacent to an activating group) is 1. The molecular formula is C22H27N3O4. The largest absolute Gasteiger partial charge is 0.451 e. The zero-order valence-electron chi connectivity index (χ0n) is 16.9. The number of para-hydroxylation sites is 1. The Morgan fingerprint density at radius 2 is 2.03 bits per heavy atom. The normalized spacial score (nSPS) is 24.9. The first-order valence-corrected chi connectivity index (χ1v) is 10.3. The van der Waals surface area contributed by atoms with Crippen LogP contribution < -0.4 is 10.7 Å². The van der Waals surface area contributed by atoms with E-state index >= 15 is 0 Å². The van der Waals surface area contributed by atoms with E-state index in [9.17, 15) is 14.4 Å². The molecule has 2 atom stereocenters. The zero-order valence-corrected chi connectivity index (χ0v) is 16.9. The molecule has 2 saturated heterocycles. The van der Waals surface area contributed by atoms with E-state index in [1.54, 1.807) is 29.2 Å². The molecule has 2 fully saturated rings. The Bertz CT molecular complexity index is 1000. The molecule has 2 aromatic rings. The first-order chi connectivity index (χ1) is 14.0. The lowest BCUT2D eigenvalue weighted by molar-refractivity contribution is -0.142. The number of nitrogens with one attached hydrogen (secondary N) is 1. The Kier molecular flexibility index (Phi) is 5.17. The average molecular weight is 397 g/mol. The van der Waals surface area contributed by atoms with Crippen molar-refractivity contribution in [2.24, 2.45) is 5.41 Å². The summed E-state index contributed by atoms with van der Waals surface area (Å²) < 4.78 is 5.80. The minimum Gasteiger partial charge on any atom is -0.451 e. The van der Waals surface area contributed by atoms with Gasteiger partial charge in [0.2, 0.25) is 5.91 Å². The van der Waals surface area contributed by atoms with Gasteiger partial charge in [-0.25, -0.2) is 0 Å². The van der Waals surface area contributed by atoms with Crippen LogP contribution in [-0.2, 0) is 4.79 Å². The van der Waals surface area contributed by atoms with Crippen LogP contribution in [0.15, 0.2) is 39.5 Å². The number of hydrogen-bond donors (Lipinski definition) is 1. The number of hydrogen-bond acceptors (Lipinski definition) is 5. The van der Waals surface area contributed by atoms with Crippen molar-refractivity contribution in [1.82, 2.24) is 15.1 Å². The minimum atomic E-state index is -0.590. The van der Waals surface area contributed by atoms with E-state index in [0.29, 0.717) is 37.0 Å². The molecule has 0 saturated carbocycles. The number of likely N-dealkylation sites (tertiary alicyclic amines) is 2. The summed E-state index contributed by atoms with van der Waals surface area (Å²) in [4.78, 5) is 42.9. The molecule has 0 aliphatic carbocycles. The number of rotatable bonds is 3. The average Bonchev–Trinajstić information content (AvgIpc) is 2.73. The summed E-state index contributed by atoms with van der Waals surface area (Å²) in [5, 5.41) is 3.44. The third kappa shape index (κ3) is 3.33. The Balaban J connectivity index is 1.72. The van der Waals surface area contributed by atoms with E-state index in [1.165, 1.54) is 6.07 Å². The standard InChI is InChI=1S/C22H27N3O4/c1-3-23-21(28)22-9-6-11-25(19(22)14-24(2)12-10-22)20(27)18-13-16(26)15-7-4-5-8-17(15)29-18/h4-5,7-8,13,19H,3,6,9-12,14H2,1-2H3,(H,23,28)/t19-,22+/m0/s1. The molecule has 0 unspecified atom stereocenters. The van der Waals surface area contributed by atoms with Crippen molar-refractivity contribution in [3.05, 3.63) is 46.3 Å². The number of benzene rings is 1. The highest BCUT2D eigenvalue weighted by Gasteiger charge is 2.53. The van der Waals surface area contributed by atoms with Crippen molar-refractivity contribution in [2.75, 3.05) is 33.2 Å². The van der Waals surface area contributed by atoms with E-state index in [1.807, 2.05) is 14.0 Å². The van der Waals surface area contributed by atoms with Crippen molar-refractivity contribution < 1.29 is 14.0 Å². The van der Waals surface area contributed by atoms with E-state index < -0.39 is 5.41 Å². The van der Waals surface area contributed by atoms with Gasteiger partial charge < -0.3 is 19.5 Å². The van der Waals surface area contributed by atoms with Crippen LogP contribution in [0.2, 0.25) is 0 Å². The Morgan fingerprint density at radius 1 is 1.24 bits per heavy atom. The maximum absolute atomic E-state index is 13.4. The molecule has 1 N–H and O–H groups in total. The van der Waals surface area contributed by atoms with Gasteiger partial charge >= 0.3 is 0 Å². The smallest absolute Gasteiger partial charge is 0.290 e. The molecule has 1 aromatic heterocycles. The fourth-order valence-electron chi connectivity index (χ4n) is 4.84. The molecular weight excluding hydrogens is 370 g/mol. The molecule has 7 nitrogen and oxygen atoms in total. The molecule has 1 aromatic carbocycles. The quantitative estimate of drug-likeness (QED) is 0.855. The summed E-state index contributed by atoms with van der Waals surface area (Å²) in [6.45, 7) is 4.47. The Hall–Kier alpha value is -2.67. The summed E-state index contributed by atoms with van der Waals surface area (Å²) in [7, 11) is 2.01. The Morgan fingerprint density at radius 3 is 2.83 bits per heavy atom. The van der Waals surface area contributed by atoms with Crippen molar-refractivity contribution in [3.63, 3.8) is 0 Å². The van der Waals surface area contributed by atoms with Gasteiger partial charge in [0.1, 0.15) is 5.58 Å². The second-order valence-corrected chi connectivity index (χ2v) is 8.12. The van der Waals surface area contributed by atoms with Gasteiger partial charge in [0.15, 0.2) is 11.2 Å². The van der Waals surface area contributed by atoms with Gasteiger partial charge in [-0.2, -0.15) is 0 Å². The van der Waals surface area contributed by atoms with E-state index in [4.69, 9.17) is 4.42 Å². The van der Waals surface area contributed by atoms with Crippen molar-refractivity contribution >= 4 is 22.8 Å². The molecule has 0 spiro atoms. The molecule has 29 heavy (non-hydrogen) atoms. The lowest BCUT2D eigenvalue weighted by Gasteiger charge is -2.53. The van der Waals surface area contributed by atoms with Gasteiger partial charge in [0, 0.05) is 25.7 Å². The maximum atomic E-state index is 13.4. The predicted octanol–water partition coefficient (Wildman–Crippen LogP) is 1.86. The molecule has 2 aliphatic rings. The topological polar surface area (TPSA) is 82.9 Å². The van der Waals surface area contributed by atoms with E-state index in [0.717, 1.165) is 19.4 Å². The van der Waals surface area contributed by atoms with Crippen LogP contribution in [0.25, 0.3) is 11.0 Å². The van der Waals surface area contributed by atoms with Crippen molar-refractivity contribution in [2.45, 2.75) is 32.2 Å². The molecule has 154 valence electrons. The van der Waals surface area contributed by atoms with E-state index in [-0.39, 0.29) is 29.0 Å². The van der Waals surface area contributed by atoms with Crippen LogP contribution in [0, 0.1) is 5.41 Å². The number of carbonyl (C=O) groups excluding carboxylic acids is 2. The van der Waals surface area contributed by atoms with Crippen LogP contribution in [0.4, 0.5) is 0 Å². The van der Waals surface area contributed by atoms with Gasteiger partial charge in [-0.05, 0) is 51.9 Å². The van der Waals surface area contributed by atoms with Gasteiger partial charge in [-0.3, -0.25) is 14.4 Å². The van der Waals surface area contributed by atoms with Crippen LogP contribution in [0.5, 0.6) is 0 Å². The SMILES string of the molecule is CCNC(=O)[C@@]12CCCN(C(=O)c3cc(=O)c4ccccc4o3)[C@H]1CN(C)CC2. The maximum Gasteiger partial charge on any atom is 0.290 e. The van der Waals surface area contributed by atoms with Crippen LogP contribution >= 0.6 is 0 Å². The summed E-state index contributed by atoms with van der Waals surface area (Å²) >= 11 is 0. The van der Waals surface area contributed by atoms with Gasteiger partial charge in [0.05, 0.1) is 16.8 Å². The highest BCUT2D eigenvalue weighted by atomic mass is 16.3. The Labute approximate surface area is 169 Å². The van der Waals surface area contributed by atoms with E-state index in [2.05, 4.69) is 10.2 Å². The van der Waals surface area contributed by atoms with Crippen molar-refractivity contribution in [1.29, 1.82) is 0 Å². The van der Waals surface area contributed by atoms with Crippen LogP contribution in [0.3, 0.4) is 0 Å². The van der Waals surface area contributed by atoms with Gasteiger partial charge in [0.25, 0.3) is 5.91 Å². The third-order valence-corrected chi connectivity index (χ3v) is 6.36. The van der Waals surface area contributed by atoms with Gasteiger partial charge in [-0.15, -0.1) is 0 Å². The fourth-order valence-corrected chi connectivity index (χ4v) is 4.84. The first kappa shape index (κ1) is 19.6. The molecule has 0 bridgehead atoms. The molecule has 3 heterocycles. The van der Waals surface area contributed by atoms with Crippen LogP contribution in [0.1, 0.15) is 36.7 Å². The summed E-state index contributed by atoms with van der Waals surface area (Å²) in [5.41, 5.74) is -0.424. The lowest BCUT2D eigenvalue weighted by atomic mass is 9.67. The summed E-state index contributed by atoms with van der Waals surface area (Å²) in [6.07, 6.45) is 2.23. The number of piperidine rings is 2. The molecule has 2 aliphatic heterocycles. The molecule has 2 amide bonds. The first-order valence-electron chi connectivity index (χ1n) is 10.3. The number of fused-ring (bicyclic) bond motifs is 2. The minimum absolute atomic E-state index is 0.0237. The zero-order chi connectivity index (χ0) is 20.6. The summed E-state index contributed by atoms with van der Waals surface area (Å²) in [5.74, 6) is -0.259. The van der Waals surface area contributed by atoms with Gasteiger partial charge in [-0.1, -0.05) is 12.1 Å². The number of amides is 2. The third-order valence-electron chi connectivity index (χ3n) is 6.36. The van der Waals surface area contributed by atoms with Crippen molar-refractivity contribution in [3.8, 4) is 0 Å². The van der Waals surface area contributed by atoms with Crippen LogP contribution in [-0.4, -0.2) is 60.9 Å². The summed E-state index contributed by atoms with van der Waals surface area (Å²) in [6, 6.07) is 7.95. The highest BCUT2D eigenvalue weighted by molar-refractivity contribution is 5.94.